The third-order valence-electron chi connectivity index (χ3n) is 6.75. The number of amides is 1. The van der Waals surface area contributed by atoms with Gasteiger partial charge in [-0.15, -0.1) is 0 Å². The van der Waals surface area contributed by atoms with Crippen LogP contribution >= 0.6 is 15.9 Å². The summed E-state index contributed by atoms with van der Waals surface area (Å²) in [5.74, 6) is 1.81. The second kappa shape index (κ2) is 9.19. The van der Waals surface area contributed by atoms with Crippen molar-refractivity contribution in [2.24, 2.45) is 5.92 Å². The summed E-state index contributed by atoms with van der Waals surface area (Å²) in [6.45, 7) is 1.37. The van der Waals surface area contributed by atoms with Gasteiger partial charge in [0.25, 0.3) is 0 Å². The fraction of sp³-hybridized carbons (Fsp3) is 0.458. The van der Waals surface area contributed by atoms with Crippen LogP contribution in [0, 0.1) is 5.92 Å². The first-order valence-corrected chi connectivity index (χ1v) is 12.2. The highest BCUT2D eigenvalue weighted by Gasteiger charge is 2.31. The van der Waals surface area contributed by atoms with Crippen LogP contribution in [0.15, 0.2) is 47.2 Å². The predicted molar refractivity (Wildman–Crippen MR) is 128 cm³/mol. The zero-order valence-electron chi connectivity index (χ0n) is 18.0. The molecule has 5 rings (SSSR count). The van der Waals surface area contributed by atoms with E-state index in [-0.39, 0.29) is 24.0 Å². The molecule has 1 aromatic carbocycles. The topological polar surface area (TPSA) is 83.3 Å². The molecule has 1 saturated heterocycles. The lowest BCUT2D eigenvalue weighted by Gasteiger charge is -2.35. The Balaban J connectivity index is 1.21. The number of rotatable bonds is 4. The maximum atomic E-state index is 12.8. The van der Waals surface area contributed by atoms with Crippen LogP contribution in [0.1, 0.15) is 38.5 Å². The summed E-state index contributed by atoms with van der Waals surface area (Å²) in [7, 11) is 0. The molecule has 3 aromatic rings. The molecule has 0 unspecified atom stereocenters. The van der Waals surface area contributed by atoms with E-state index in [0.717, 1.165) is 46.9 Å². The summed E-state index contributed by atoms with van der Waals surface area (Å²) >= 11 is 3.61. The molecule has 0 atom stereocenters. The third kappa shape index (κ3) is 4.38. The normalized spacial score (nSPS) is 22.2. The summed E-state index contributed by atoms with van der Waals surface area (Å²) in [6.07, 6.45) is 8.58. The number of carbonyl (C=O) groups excluding carboxylic acids is 1. The molecule has 1 aliphatic heterocycles. The van der Waals surface area contributed by atoms with E-state index in [1.54, 1.807) is 6.20 Å². The van der Waals surface area contributed by atoms with Crippen molar-refractivity contribution in [2.75, 3.05) is 18.4 Å². The van der Waals surface area contributed by atoms with Crippen LogP contribution in [0.5, 0.6) is 0 Å². The number of aliphatic hydroxyl groups excluding tert-OH is 1. The average Bonchev–Trinajstić information content (AvgIpc) is 3.25. The van der Waals surface area contributed by atoms with Crippen molar-refractivity contribution >= 4 is 38.7 Å². The van der Waals surface area contributed by atoms with Gasteiger partial charge < -0.3 is 19.9 Å². The number of carbonyl (C=O) groups is 1. The lowest BCUT2D eigenvalue weighted by atomic mass is 9.85. The number of aromatic nitrogens is 3. The fourth-order valence-electron chi connectivity index (χ4n) is 4.89. The molecular weight excluding hydrogens is 470 g/mol. The van der Waals surface area contributed by atoms with Crippen molar-refractivity contribution in [3.05, 3.63) is 47.2 Å². The molecule has 1 amide bonds. The molecule has 168 valence electrons. The molecule has 32 heavy (non-hydrogen) atoms. The van der Waals surface area contributed by atoms with E-state index in [9.17, 15) is 9.90 Å². The number of benzene rings is 1. The molecular formula is C24H28BrN5O2. The van der Waals surface area contributed by atoms with Gasteiger partial charge in [0.15, 0.2) is 0 Å². The van der Waals surface area contributed by atoms with Crippen molar-refractivity contribution in [3.63, 3.8) is 0 Å². The van der Waals surface area contributed by atoms with Gasteiger partial charge in [-0.05, 0) is 62.8 Å². The van der Waals surface area contributed by atoms with Crippen molar-refractivity contribution in [1.82, 2.24) is 19.4 Å². The average molecular weight is 498 g/mol. The Morgan fingerprint density at radius 3 is 2.62 bits per heavy atom. The molecule has 0 radical (unpaired) electrons. The Kier molecular flexibility index (Phi) is 6.15. The first-order valence-electron chi connectivity index (χ1n) is 11.4. The Bertz CT molecular complexity index is 1100. The SMILES string of the molecule is O=C(C1CCC(Nc2nccc(-n3ccc4c(Br)cccc43)n2)CC1)N1CCC(O)CC1. The first-order chi connectivity index (χ1) is 15.6. The molecule has 1 saturated carbocycles. The number of piperidine rings is 1. The van der Waals surface area contributed by atoms with Crippen LogP contribution in [-0.2, 0) is 4.79 Å². The molecule has 2 aliphatic rings. The predicted octanol–water partition coefficient (Wildman–Crippen LogP) is 4.14. The first kappa shape index (κ1) is 21.4. The third-order valence-corrected chi connectivity index (χ3v) is 7.44. The highest BCUT2D eigenvalue weighted by molar-refractivity contribution is 9.10. The summed E-state index contributed by atoms with van der Waals surface area (Å²) in [5, 5.41) is 14.3. The highest BCUT2D eigenvalue weighted by atomic mass is 79.9. The molecule has 0 spiro atoms. The highest BCUT2D eigenvalue weighted by Crippen LogP contribution is 2.29. The standard InChI is InChI=1S/C24H28BrN5O2/c25-20-2-1-3-21-19(20)11-15-30(21)22-8-12-26-24(28-22)27-17-6-4-16(5-7-17)23(32)29-13-9-18(31)10-14-29/h1-3,8,11-12,15-18,31H,4-7,9-10,13-14H2,(H,26,27,28). The largest absolute Gasteiger partial charge is 0.393 e. The van der Waals surface area contributed by atoms with Crippen molar-refractivity contribution in [3.8, 4) is 5.82 Å². The van der Waals surface area contributed by atoms with Crippen LogP contribution in [-0.4, -0.2) is 55.7 Å². The van der Waals surface area contributed by atoms with Crippen molar-refractivity contribution < 1.29 is 9.90 Å². The summed E-state index contributed by atoms with van der Waals surface area (Å²) < 4.78 is 3.13. The Morgan fingerprint density at radius 1 is 1.06 bits per heavy atom. The summed E-state index contributed by atoms with van der Waals surface area (Å²) in [6, 6.07) is 10.4. The number of halogens is 1. The Labute approximate surface area is 196 Å². The number of anilines is 1. The second-order valence-corrected chi connectivity index (χ2v) is 9.70. The minimum atomic E-state index is -0.249. The smallest absolute Gasteiger partial charge is 0.225 e. The molecule has 1 aliphatic carbocycles. The lowest BCUT2D eigenvalue weighted by Crippen LogP contribution is -2.44. The summed E-state index contributed by atoms with van der Waals surface area (Å²) in [4.78, 5) is 23.9. The number of hydrogen-bond acceptors (Lipinski definition) is 5. The number of fused-ring (bicyclic) bond motifs is 1. The molecule has 8 heteroatoms. The fourth-order valence-corrected chi connectivity index (χ4v) is 5.38. The van der Waals surface area contributed by atoms with E-state index in [4.69, 9.17) is 4.98 Å². The summed E-state index contributed by atoms with van der Waals surface area (Å²) in [5.41, 5.74) is 1.09. The van der Waals surface area contributed by atoms with Crippen molar-refractivity contribution in [1.29, 1.82) is 0 Å². The van der Waals surface area contributed by atoms with Crippen molar-refractivity contribution in [2.45, 2.75) is 50.7 Å². The van der Waals surface area contributed by atoms with Gasteiger partial charge in [0.1, 0.15) is 5.82 Å². The van der Waals surface area contributed by atoms with Gasteiger partial charge in [-0.25, -0.2) is 4.98 Å². The quantitative estimate of drug-likeness (QED) is 0.565. The van der Waals surface area contributed by atoms with E-state index in [2.05, 4.69) is 42.9 Å². The van der Waals surface area contributed by atoms with Gasteiger partial charge in [0.2, 0.25) is 11.9 Å². The minimum Gasteiger partial charge on any atom is -0.393 e. The van der Waals surface area contributed by atoms with Crippen LogP contribution < -0.4 is 5.32 Å². The van der Waals surface area contributed by atoms with Crippen LogP contribution in [0.3, 0.4) is 0 Å². The van der Waals surface area contributed by atoms with E-state index < -0.39 is 0 Å². The van der Waals surface area contributed by atoms with Gasteiger partial charge in [-0.1, -0.05) is 22.0 Å². The Morgan fingerprint density at radius 2 is 1.84 bits per heavy atom. The number of hydrogen-bond donors (Lipinski definition) is 2. The van der Waals surface area contributed by atoms with Gasteiger partial charge in [-0.3, -0.25) is 4.79 Å². The molecule has 3 heterocycles. The van der Waals surface area contributed by atoms with E-state index in [1.807, 2.05) is 29.3 Å². The zero-order chi connectivity index (χ0) is 22.1. The number of nitrogens with zero attached hydrogens (tertiary/aromatic N) is 4. The van der Waals surface area contributed by atoms with Crippen LogP contribution in [0.25, 0.3) is 16.7 Å². The van der Waals surface area contributed by atoms with Gasteiger partial charge in [0, 0.05) is 47.3 Å². The second-order valence-electron chi connectivity index (χ2n) is 8.85. The van der Waals surface area contributed by atoms with Gasteiger partial charge in [0.05, 0.1) is 11.6 Å². The van der Waals surface area contributed by atoms with Crippen LogP contribution in [0.2, 0.25) is 0 Å². The lowest BCUT2D eigenvalue weighted by molar-refractivity contribution is -0.138. The molecule has 7 nitrogen and oxygen atoms in total. The number of aliphatic hydroxyl groups is 1. The monoisotopic (exact) mass is 497 g/mol. The molecule has 2 fully saturated rings. The number of likely N-dealkylation sites (tertiary alicyclic amines) is 1. The Hall–Kier alpha value is -2.45. The zero-order valence-corrected chi connectivity index (χ0v) is 19.5. The molecule has 2 aromatic heterocycles. The molecule has 2 N–H and O–H groups in total. The van der Waals surface area contributed by atoms with E-state index >= 15 is 0 Å². The van der Waals surface area contributed by atoms with Gasteiger partial charge in [-0.2, -0.15) is 4.98 Å². The van der Waals surface area contributed by atoms with Crippen LogP contribution in [0.4, 0.5) is 5.95 Å². The van der Waals surface area contributed by atoms with E-state index in [1.165, 1.54) is 0 Å². The minimum absolute atomic E-state index is 0.0974. The van der Waals surface area contributed by atoms with Gasteiger partial charge >= 0.3 is 0 Å². The molecule has 0 bridgehead atoms. The number of nitrogens with one attached hydrogen (secondary N) is 1. The maximum Gasteiger partial charge on any atom is 0.225 e. The van der Waals surface area contributed by atoms with E-state index in [0.29, 0.717) is 31.9 Å². The maximum absolute atomic E-state index is 12.8.